The molecule has 48 heavy (non-hydrogen) atoms. The fraction of sp³-hybridized carbons (Fsp3) is 0.487. The lowest BCUT2D eigenvalue weighted by molar-refractivity contribution is -0.160. The Morgan fingerprint density at radius 2 is 1.79 bits per heavy atom. The molecule has 256 valence electrons. The standard InChI is InChI=1S/C39H48FN3O5/c1-24-12-8-9-21-46-39(7)17-19-42(20-18-39)36-32(34(37(44)45)48-38(4,5)6)25(2)26(3)35-41-31(23-43(35)36)28-14-10-13-27(22-28)29-15-11-16-30(40)33(29)47-24/h10-11,13-16,22-24,34H,8-9,12,17-21H2,1-7H3,(H,44,45)/t24-,34+/m1/s1. The molecular formula is C39H48FN3O5. The van der Waals surface area contributed by atoms with Crippen molar-refractivity contribution < 1.29 is 28.5 Å². The van der Waals surface area contributed by atoms with Crippen molar-refractivity contribution in [2.75, 3.05) is 24.6 Å². The number of hydrogen-bond acceptors (Lipinski definition) is 6. The van der Waals surface area contributed by atoms with Crippen LogP contribution in [-0.2, 0) is 14.3 Å². The first-order chi connectivity index (χ1) is 22.7. The maximum absolute atomic E-state index is 15.3. The molecule has 0 amide bonds. The molecule has 2 atom stereocenters. The average Bonchev–Trinajstić information content (AvgIpc) is 3.48. The molecule has 0 saturated carbocycles. The van der Waals surface area contributed by atoms with Crippen LogP contribution in [0.1, 0.15) is 89.5 Å². The summed E-state index contributed by atoms with van der Waals surface area (Å²) in [6.45, 7) is 15.8. The molecule has 0 radical (unpaired) electrons. The molecule has 9 heteroatoms. The van der Waals surface area contributed by atoms with Gasteiger partial charge in [-0.25, -0.2) is 14.2 Å². The highest BCUT2D eigenvalue weighted by Crippen LogP contribution is 2.42. The lowest BCUT2D eigenvalue weighted by Gasteiger charge is -2.42. The van der Waals surface area contributed by atoms with Gasteiger partial charge in [-0.15, -0.1) is 0 Å². The Morgan fingerprint density at radius 1 is 1.08 bits per heavy atom. The molecule has 2 aromatic heterocycles. The second-order valence-corrected chi connectivity index (χ2v) is 14.7. The Morgan fingerprint density at radius 3 is 2.50 bits per heavy atom. The van der Waals surface area contributed by atoms with Gasteiger partial charge in [0.2, 0.25) is 0 Å². The van der Waals surface area contributed by atoms with Crippen molar-refractivity contribution in [2.24, 2.45) is 0 Å². The SMILES string of the molecule is Cc1c([C@H](OC(C)(C)C)C(=O)O)c2n3cc(nc3c1C)-c1cccc(c1)-c1cccc(F)c1O[C@H](C)CCCCOC1(C)CCN2CC1. The van der Waals surface area contributed by atoms with E-state index in [1.54, 1.807) is 6.07 Å². The Bertz CT molecular complexity index is 1820. The first-order valence-electron chi connectivity index (χ1n) is 17.1. The molecule has 1 saturated heterocycles. The normalized spacial score (nSPS) is 21.2. The van der Waals surface area contributed by atoms with E-state index in [0.29, 0.717) is 30.8 Å². The summed E-state index contributed by atoms with van der Waals surface area (Å²) < 4.78 is 36.4. The number of ether oxygens (including phenoxy) is 3. The number of carboxylic acid groups (broad SMARTS) is 1. The summed E-state index contributed by atoms with van der Waals surface area (Å²) >= 11 is 0. The molecule has 7 rings (SSSR count). The average molecular weight is 658 g/mol. The van der Waals surface area contributed by atoms with Crippen LogP contribution in [-0.4, -0.2) is 57.5 Å². The predicted octanol–water partition coefficient (Wildman–Crippen LogP) is 8.69. The van der Waals surface area contributed by atoms with Crippen LogP contribution in [0.3, 0.4) is 0 Å². The number of carboxylic acids is 1. The van der Waals surface area contributed by atoms with Crippen molar-refractivity contribution in [1.29, 1.82) is 0 Å². The highest BCUT2D eigenvalue weighted by Gasteiger charge is 2.38. The van der Waals surface area contributed by atoms with Crippen LogP contribution in [0.2, 0.25) is 0 Å². The number of anilines is 1. The number of imidazole rings is 1. The van der Waals surface area contributed by atoms with E-state index in [-0.39, 0.29) is 17.5 Å². The number of nitrogens with zero attached hydrogens (tertiary/aromatic N) is 3. The molecule has 3 aliphatic rings. The largest absolute Gasteiger partial charge is 0.487 e. The van der Waals surface area contributed by atoms with E-state index < -0.39 is 23.5 Å². The zero-order valence-corrected chi connectivity index (χ0v) is 29.2. The maximum Gasteiger partial charge on any atom is 0.337 e. The summed E-state index contributed by atoms with van der Waals surface area (Å²) in [6.07, 6.45) is 4.79. The van der Waals surface area contributed by atoms with Crippen LogP contribution >= 0.6 is 0 Å². The van der Waals surface area contributed by atoms with Crippen LogP contribution < -0.4 is 9.64 Å². The van der Waals surface area contributed by atoms with Gasteiger partial charge in [0.25, 0.3) is 0 Å². The molecule has 0 aliphatic carbocycles. The second-order valence-electron chi connectivity index (χ2n) is 14.7. The fourth-order valence-corrected chi connectivity index (χ4v) is 6.99. The van der Waals surface area contributed by atoms with E-state index in [4.69, 9.17) is 19.2 Å². The van der Waals surface area contributed by atoms with Crippen molar-refractivity contribution in [3.05, 3.63) is 71.2 Å². The van der Waals surface area contributed by atoms with Gasteiger partial charge in [-0.05, 0) is 109 Å². The van der Waals surface area contributed by atoms with Gasteiger partial charge < -0.3 is 24.2 Å². The number of aliphatic carboxylic acids is 1. The van der Waals surface area contributed by atoms with E-state index in [0.717, 1.165) is 71.5 Å². The van der Waals surface area contributed by atoms with Gasteiger partial charge in [0.05, 0.1) is 23.0 Å². The van der Waals surface area contributed by atoms with Crippen molar-refractivity contribution >= 4 is 17.4 Å². The molecule has 3 aliphatic heterocycles. The predicted molar refractivity (Wildman–Crippen MR) is 186 cm³/mol. The monoisotopic (exact) mass is 657 g/mol. The summed E-state index contributed by atoms with van der Waals surface area (Å²) in [7, 11) is 0. The fourth-order valence-electron chi connectivity index (χ4n) is 6.99. The summed E-state index contributed by atoms with van der Waals surface area (Å²) in [5.41, 5.74) is 5.24. The number of carbonyl (C=O) groups is 1. The highest BCUT2D eigenvalue weighted by molar-refractivity contribution is 5.81. The van der Waals surface area contributed by atoms with Crippen molar-refractivity contribution in [2.45, 2.75) is 104 Å². The third kappa shape index (κ3) is 6.80. The van der Waals surface area contributed by atoms with Gasteiger partial charge in [0.1, 0.15) is 11.5 Å². The number of aryl methyl sites for hydroxylation is 1. The van der Waals surface area contributed by atoms with Crippen molar-refractivity contribution in [3.63, 3.8) is 0 Å². The number of hydrogen-bond donors (Lipinski definition) is 1. The molecule has 6 bridgehead atoms. The van der Waals surface area contributed by atoms with E-state index in [1.165, 1.54) is 6.07 Å². The number of halogens is 1. The molecule has 1 N–H and O–H groups in total. The molecule has 1 fully saturated rings. The van der Waals surface area contributed by atoms with E-state index >= 15 is 4.39 Å². The van der Waals surface area contributed by atoms with Gasteiger partial charge in [-0.1, -0.05) is 30.3 Å². The summed E-state index contributed by atoms with van der Waals surface area (Å²) in [5, 5.41) is 10.6. The maximum atomic E-state index is 15.3. The third-order valence-electron chi connectivity index (χ3n) is 9.77. The number of piperidine rings is 1. The van der Waals surface area contributed by atoms with E-state index in [1.807, 2.05) is 82.5 Å². The van der Waals surface area contributed by atoms with Crippen LogP contribution in [0.25, 0.3) is 28.0 Å². The molecule has 5 heterocycles. The molecule has 2 aromatic carbocycles. The molecule has 0 spiro atoms. The van der Waals surface area contributed by atoms with Crippen molar-refractivity contribution in [1.82, 2.24) is 9.38 Å². The Hall–Kier alpha value is -3.95. The third-order valence-corrected chi connectivity index (χ3v) is 9.77. The van der Waals surface area contributed by atoms with Gasteiger partial charge >= 0.3 is 5.97 Å². The number of benzene rings is 2. The zero-order valence-electron chi connectivity index (χ0n) is 29.2. The summed E-state index contributed by atoms with van der Waals surface area (Å²) in [4.78, 5) is 20.4. The van der Waals surface area contributed by atoms with Gasteiger partial charge in [-0.2, -0.15) is 0 Å². The van der Waals surface area contributed by atoms with Crippen molar-refractivity contribution in [3.8, 4) is 28.1 Å². The number of pyridine rings is 1. The first kappa shape index (κ1) is 33.9. The summed E-state index contributed by atoms with van der Waals surface area (Å²) in [5.74, 6) is -0.395. The number of para-hydroxylation sites is 1. The van der Waals surface area contributed by atoms with Crippen LogP contribution in [0.15, 0.2) is 48.7 Å². The molecule has 4 aromatic rings. The van der Waals surface area contributed by atoms with E-state index in [2.05, 4.69) is 11.8 Å². The second kappa shape index (κ2) is 13.2. The van der Waals surface area contributed by atoms with E-state index in [9.17, 15) is 9.90 Å². The first-order valence-corrected chi connectivity index (χ1v) is 17.1. The number of rotatable bonds is 3. The quantitative estimate of drug-likeness (QED) is 0.236. The minimum atomic E-state index is -1.18. The van der Waals surface area contributed by atoms with Crippen LogP contribution in [0, 0.1) is 19.7 Å². The zero-order chi connectivity index (χ0) is 34.4. The van der Waals surface area contributed by atoms with Crippen LogP contribution in [0.4, 0.5) is 10.2 Å². The lowest BCUT2D eigenvalue weighted by Crippen LogP contribution is -2.45. The van der Waals surface area contributed by atoms with Gasteiger partial charge in [-0.3, -0.25) is 4.40 Å². The smallest absolute Gasteiger partial charge is 0.337 e. The molecular weight excluding hydrogens is 609 g/mol. The number of fused-ring (bicyclic) bond motifs is 8. The van der Waals surface area contributed by atoms with Gasteiger partial charge in [0.15, 0.2) is 17.7 Å². The minimum absolute atomic E-state index is 0.164. The highest BCUT2D eigenvalue weighted by atomic mass is 19.1. The number of aromatic nitrogens is 2. The van der Waals surface area contributed by atoms with Gasteiger partial charge in [0, 0.05) is 42.6 Å². The molecule has 8 nitrogen and oxygen atoms in total. The summed E-state index contributed by atoms with van der Waals surface area (Å²) in [6, 6.07) is 12.9. The lowest BCUT2D eigenvalue weighted by atomic mass is 9.92. The van der Waals surface area contributed by atoms with Crippen LogP contribution in [0.5, 0.6) is 5.75 Å². The Labute approximate surface area is 282 Å². The Kier molecular flexibility index (Phi) is 9.30. The Balaban J connectivity index is 1.57. The molecule has 0 unspecified atom stereocenters. The topological polar surface area (TPSA) is 85.5 Å². The minimum Gasteiger partial charge on any atom is -0.487 e.